The second kappa shape index (κ2) is 7.25. The van der Waals surface area contributed by atoms with Crippen LogP contribution in [-0.2, 0) is 16.3 Å². The molecule has 0 saturated heterocycles. The topological polar surface area (TPSA) is 62.0 Å². The Labute approximate surface area is 155 Å². The Hall–Kier alpha value is -2.11. The van der Waals surface area contributed by atoms with Crippen molar-refractivity contribution < 1.29 is 8.42 Å². The Bertz CT molecular complexity index is 984. The zero-order valence-electron chi connectivity index (χ0n) is 15.5. The van der Waals surface area contributed by atoms with Gasteiger partial charge < -0.3 is 10.3 Å². The molecular formula is C21H26N2O2S. The molecule has 1 heterocycles. The second-order valence-corrected chi connectivity index (χ2v) is 9.71. The van der Waals surface area contributed by atoms with Gasteiger partial charge in [-0.3, -0.25) is 0 Å². The van der Waals surface area contributed by atoms with Crippen molar-refractivity contribution in [1.82, 2.24) is 10.3 Å². The summed E-state index contributed by atoms with van der Waals surface area (Å²) in [6.45, 7) is 8.31. The second-order valence-electron chi connectivity index (χ2n) is 7.80. The van der Waals surface area contributed by atoms with Crippen LogP contribution in [0.2, 0.25) is 0 Å². The predicted octanol–water partition coefficient (Wildman–Crippen LogP) is 4.18. The van der Waals surface area contributed by atoms with E-state index in [1.165, 1.54) is 0 Å². The van der Waals surface area contributed by atoms with Crippen LogP contribution in [0.25, 0.3) is 10.9 Å². The standard InChI is InChI=1S/C21H26N2O2S/c1-21(2,3)15-22-13-12-16-8-7-11-18-20(16)19(14-23-18)26(24,25)17-9-5-4-6-10-17/h4-11,14,22-23H,12-13,15H2,1-3H3. The van der Waals surface area contributed by atoms with Gasteiger partial charge in [-0.25, -0.2) is 8.42 Å². The lowest BCUT2D eigenvalue weighted by atomic mass is 9.97. The third-order valence-corrected chi connectivity index (χ3v) is 6.12. The van der Waals surface area contributed by atoms with Crippen LogP contribution in [-0.4, -0.2) is 26.5 Å². The van der Waals surface area contributed by atoms with Crippen LogP contribution in [0.5, 0.6) is 0 Å². The van der Waals surface area contributed by atoms with Crippen LogP contribution in [0.3, 0.4) is 0 Å². The van der Waals surface area contributed by atoms with E-state index in [2.05, 4.69) is 31.1 Å². The summed E-state index contributed by atoms with van der Waals surface area (Å²) in [7, 11) is -3.55. The molecule has 3 aromatic rings. The number of hydrogen-bond acceptors (Lipinski definition) is 3. The number of nitrogens with one attached hydrogen (secondary N) is 2. The molecule has 0 aliphatic carbocycles. The van der Waals surface area contributed by atoms with E-state index in [0.717, 1.165) is 36.0 Å². The minimum absolute atomic E-state index is 0.224. The van der Waals surface area contributed by atoms with Gasteiger partial charge in [0.2, 0.25) is 9.84 Å². The maximum Gasteiger partial charge on any atom is 0.208 e. The fourth-order valence-electron chi connectivity index (χ4n) is 3.06. The minimum Gasteiger partial charge on any atom is -0.360 e. The molecule has 2 N–H and O–H groups in total. The summed E-state index contributed by atoms with van der Waals surface area (Å²) in [6, 6.07) is 14.5. The van der Waals surface area contributed by atoms with Gasteiger partial charge in [0.1, 0.15) is 0 Å². The van der Waals surface area contributed by atoms with Crippen LogP contribution >= 0.6 is 0 Å². The smallest absolute Gasteiger partial charge is 0.208 e. The quantitative estimate of drug-likeness (QED) is 0.640. The van der Waals surface area contributed by atoms with Crippen LogP contribution in [0.1, 0.15) is 26.3 Å². The van der Waals surface area contributed by atoms with E-state index in [0.29, 0.717) is 9.79 Å². The summed E-state index contributed by atoms with van der Waals surface area (Å²) in [4.78, 5) is 3.79. The first kappa shape index (κ1) is 18.7. The SMILES string of the molecule is CC(C)(C)CNCCc1cccc2[nH]cc(S(=O)(=O)c3ccccc3)c12. The zero-order chi connectivity index (χ0) is 18.8. The molecule has 0 atom stereocenters. The van der Waals surface area contributed by atoms with E-state index in [1.54, 1.807) is 30.5 Å². The normalized spacial score (nSPS) is 12.6. The molecule has 138 valence electrons. The van der Waals surface area contributed by atoms with Gasteiger partial charge in [0.15, 0.2) is 0 Å². The summed E-state index contributed by atoms with van der Waals surface area (Å²) in [5.74, 6) is 0. The largest absolute Gasteiger partial charge is 0.360 e. The molecule has 3 rings (SSSR count). The van der Waals surface area contributed by atoms with Gasteiger partial charge >= 0.3 is 0 Å². The molecule has 0 spiro atoms. The molecule has 2 aromatic carbocycles. The average Bonchev–Trinajstić information content (AvgIpc) is 3.04. The third-order valence-electron chi connectivity index (χ3n) is 4.33. The first-order valence-electron chi connectivity index (χ1n) is 8.89. The van der Waals surface area contributed by atoms with Gasteiger partial charge in [-0.1, -0.05) is 51.1 Å². The van der Waals surface area contributed by atoms with Gasteiger partial charge in [-0.05, 0) is 42.1 Å². The monoisotopic (exact) mass is 370 g/mol. The van der Waals surface area contributed by atoms with Crippen LogP contribution in [0.15, 0.2) is 64.5 Å². The molecule has 0 saturated carbocycles. The lowest BCUT2D eigenvalue weighted by Crippen LogP contribution is -2.28. The average molecular weight is 371 g/mol. The molecule has 0 aliphatic rings. The van der Waals surface area contributed by atoms with Crippen LogP contribution < -0.4 is 5.32 Å². The molecule has 26 heavy (non-hydrogen) atoms. The maximum absolute atomic E-state index is 13.1. The van der Waals surface area contributed by atoms with E-state index in [4.69, 9.17) is 0 Å². The molecular weight excluding hydrogens is 344 g/mol. The summed E-state index contributed by atoms with van der Waals surface area (Å²) in [5.41, 5.74) is 2.12. The van der Waals surface area contributed by atoms with Crippen molar-refractivity contribution in [2.75, 3.05) is 13.1 Å². The number of fused-ring (bicyclic) bond motifs is 1. The number of H-pyrrole nitrogens is 1. The lowest BCUT2D eigenvalue weighted by molar-refractivity contribution is 0.382. The minimum atomic E-state index is -3.55. The van der Waals surface area contributed by atoms with Crippen molar-refractivity contribution >= 4 is 20.7 Å². The molecule has 0 amide bonds. The number of aromatic amines is 1. The maximum atomic E-state index is 13.1. The lowest BCUT2D eigenvalue weighted by Gasteiger charge is -2.18. The molecule has 0 unspecified atom stereocenters. The third kappa shape index (κ3) is 4.00. The van der Waals surface area contributed by atoms with E-state index < -0.39 is 9.84 Å². The predicted molar refractivity (Wildman–Crippen MR) is 106 cm³/mol. The Kier molecular flexibility index (Phi) is 5.21. The summed E-state index contributed by atoms with van der Waals surface area (Å²) >= 11 is 0. The Morgan fingerprint density at radius 3 is 2.42 bits per heavy atom. The molecule has 0 bridgehead atoms. The molecule has 0 radical (unpaired) electrons. The van der Waals surface area contributed by atoms with Crippen molar-refractivity contribution in [3.8, 4) is 0 Å². The van der Waals surface area contributed by atoms with E-state index in [9.17, 15) is 8.42 Å². The summed E-state index contributed by atoms with van der Waals surface area (Å²) in [6.07, 6.45) is 2.39. The number of aromatic nitrogens is 1. The van der Waals surface area contributed by atoms with Crippen LogP contribution in [0.4, 0.5) is 0 Å². The van der Waals surface area contributed by atoms with Crippen molar-refractivity contribution in [2.45, 2.75) is 37.0 Å². The van der Waals surface area contributed by atoms with Crippen molar-refractivity contribution in [3.63, 3.8) is 0 Å². The Balaban J connectivity index is 1.94. The van der Waals surface area contributed by atoms with E-state index in [-0.39, 0.29) is 5.41 Å². The molecule has 5 heteroatoms. The summed E-state index contributed by atoms with van der Waals surface area (Å²) in [5, 5.41) is 4.26. The molecule has 0 fully saturated rings. The number of sulfone groups is 1. The van der Waals surface area contributed by atoms with E-state index in [1.807, 2.05) is 24.3 Å². The van der Waals surface area contributed by atoms with Gasteiger partial charge in [-0.15, -0.1) is 0 Å². The first-order chi connectivity index (χ1) is 12.3. The van der Waals surface area contributed by atoms with E-state index >= 15 is 0 Å². The van der Waals surface area contributed by atoms with Crippen molar-refractivity contribution in [2.24, 2.45) is 5.41 Å². The zero-order valence-corrected chi connectivity index (χ0v) is 16.4. The highest BCUT2D eigenvalue weighted by Gasteiger charge is 2.23. The highest BCUT2D eigenvalue weighted by atomic mass is 32.2. The Morgan fingerprint density at radius 1 is 1.00 bits per heavy atom. The van der Waals surface area contributed by atoms with Gasteiger partial charge in [0, 0.05) is 23.6 Å². The number of benzene rings is 2. The molecule has 1 aromatic heterocycles. The highest BCUT2D eigenvalue weighted by Crippen LogP contribution is 2.31. The fraction of sp³-hybridized carbons (Fsp3) is 0.333. The van der Waals surface area contributed by atoms with Crippen molar-refractivity contribution in [1.29, 1.82) is 0 Å². The van der Waals surface area contributed by atoms with Crippen LogP contribution in [0, 0.1) is 5.41 Å². The highest BCUT2D eigenvalue weighted by molar-refractivity contribution is 7.91. The molecule has 4 nitrogen and oxygen atoms in total. The van der Waals surface area contributed by atoms with Gasteiger partial charge in [0.25, 0.3) is 0 Å². The fourth-order valence-corrected chi connectivity index (χ4v) is 4.55. The van der Waals surface area contributed by atoms with Gasteiger partial charge in [-0.2, -0.15) is 0 Å². The summed E-state index contributed by atoms with van der Waals surface area (Å²) < 4.78 is 26.2. The number of hydrogen-bond donors (Lipinski definition) is 2. The first-order valence-corrected chi connectivity index (χ1v) is 10.4. The van der Waals surface area contributed by atoms with Gasteiger partial charge in [0.05, 0.1) is 9.79 Å². The molecule has 0 aliphatic heterocycles. The van der Waals surface area contributed by atoms with Crippen molar-refractivity contribution in [3.05, 3.63) is 60.3 Å². The number of rotatable bonds is 6. The Morgan fingerprint density at radius 2 is 1.73 bits per heavy atom.